The third-order valence-electron chi connectivity index (χ3n) is 2.75. The summed E-state index contributed by atoms with van der Waals surface area (Å²) in [6.45, 7) is 0. The molecule has 0 spiro atoms. The molecular weight excluding hydrogens is 313 g/mol. The summed E-state index contributed by atoms with van der Waals surface area (Å²) in [5.74, 6) is -0.319. The van der Waals surface area contributed by atoms with Crippen molar-refractivity contribution < 1.29 is 14.2 Å². The van der Waals surface area contributed by atoms with E-state index < -0.39 is 11.9 Å². The number of aliphatic hydroxyl groups excluding tert-OH is 1. The van der Waals surface area contributed by atoms with Gasteiger partial charge in [0.2, 0.25) is 0 Å². The number of benzene rings is 1. The fraction of sp³-hybridized carbons (Fsp3) is 0.214. The van der Waals surface area contributed by atoms with E-state index in [2.05, 4.69) is 20.9 Å². The molecule has 0 bridgehead atoms. The third kappa shape index (κ3) is 3.52. The van der Waals surface area contributed by atoms with E-state index in [9.17, 15) is 9.50 Å². The minimum absolute atomic E-state index is 0.165. The summed E-state index contributed by atoms with van der Waals surface area (Å²) < 4.78 is 19.3. The maximum Gasteiger partial charge on any atom is 0.165 e. The second-order valence-electron chi connectivity index (χ2n) is 4.08. The van der Waals surface area contributed by atoms with Gasteiger partial charge in [0.1, 0.15) is 0 Å². The number of methoxy groups -OCH3 is 1. The molecule has 0 saturated carbocycles. The van der Waals surface area contributed by atoms with Gasteiger partial charge in [-0.3, -0.25) is 4.98 Å². The number of halogens is 2. The molecule has 0 amide bonds. The van der Waals surface area contributed by atoms with Gasteiger partial charge in [0.15, 0.2) is 11.6 Å². The Kier molecular flexibility index (Phi) is 4.50. The highest BCUT2D eigenvalue weighted by molar-refractivity contribution is 9.10. The molecule has 0 fully saturated rings. The smallest absolute Gasteiger partial charge is 0.165 e. The van der Waals surface area contributed by atoms with Crippen LogP contribution < -0.4 is 4.74 Å². The summed E-state index contributed by atoms with van der Waals surface area (Å²) in [7, 11) is 1.40. The van der Waals surface area contributed by atoms with Crippen LogP contribution >= 0.6 is 15.9 Å². The van der Waals surface area contributed by atoms with Crippen LogP contribution in [-0.4, -0.2) is 17.2 Å². The predicted molar refractivity (Wildman–Crippen MR) is 73.6 cm³/mol. The molecule has 3 nitrogen and oxygen atoms in total. The molecule has 2 aromatic rings. The van der Waals surface area contributed by atoms with E-state index in [-0.39, 0.29) is 5.75 Å². The first-order valence-electron chi connectivity index (χ1n) is 5.72. The van der Waals surface area contributed by atoms with E-state index in [0.29, 0.717) is 12.0 Å². The first kappa shape index (κ1) is 14.0. The van der Waals surface area contributed by atoms with Gasteiger partial charge in [-0.25, -0.2) is 4.39 Å². The van der Waals surface area contributed by atoms with E-state index in [1.54, 1.807) is 12.3 Å². The maximum absolute atomic E-state index is 13.5. The van der Waals surface area contributed by atoms with Crippen LogP contribution in [0.25, 0.3) is 0 Å². The van der Waals surface area contributed by atoms with Crippen molar-refractivity contribution in [3.8, 4) is 5.75 Å². The van der Waals surface area contributed by atoms with Crippen LogP contribution in [0.1, 0.15) is 17.4 Å². The van der Waals surface area contributed by atoms with Crippen molar-refractivity contribution in [3.05, 3.63) is 58.1 Å². The molecular formula is C14H13BrFNO2. The van der Waals surface area contributed by atoms with Crippen molar-refractivity contribution in [1.82, 2.24) is 4.98 Å². The summed E-state index contributed by atoms with van der Waals surface area (Å²) in [6, 6.07) is 8.09. The highest BCUT2D eigenvalue weighted by Gasteiger charge is 2.12. The molecule has 1 unspecified atom stereocenters. The van der Waals surface area contributed by atoms with E-state index in [1.165, 1.54) is 19.2 Å². The zero-order valence-electron chi connectivity index (χ0n) is 10.3. The van der Waals surface area contributed by atoms with Crippen LogP contribution in [0.5, 0.6) is 5.75 Å². The van der Waals surface area contributed by atoms with E-state index in [1.807, 2.05) is 12.1 Å². The Hall–Kier alpha value is -1.46. The lowest BCUT2D eigenvalue weighted by molar-refractivity contribution is 0.176. The number of hydrogen-bond donors (Lipinski definition) is 1. The van der Waals surface area contributed by atoms with Gasteiger partial charge in [-0.05, 0) is 45.8 Å². The first-order valence-corrected chi connectivity index (χ1v) is 6.51. The van der Waals surface area contributed by atoms with Crippen molar-refractivity contribution in [2.45, 2.75) is 12.5 Å². The highest BCUT2D eigenvalue weighted by Crippen LogP contribution is 2.24. The Morgan fingerprint density at radius 2 is 2.16 bits per heavy atom. The zero-order valence-corrected chi connectivity index (χ0v) is 11.9. The van der Waals surface area contributed by atoms with Crippen LogP contribution in [0.4, 0.5) is 4.39 Å². The predicted octanol–water partition coefficient (Wildman–Crippen LogP) is 3.27. The summed E-state index contributed by atoms with van der Waals surface area (Å²) >= 11 is 3.29. The summed E-state index contributed by atoms with van der Waals surface area (Å²) in [5, 5.41) is 10.1. The Morgan fingerprint density at radius 3 is 2.74 bits per heavy atom. The Balaban J connectivity index is 2.13. The van der Waals surface area contributed by atoms with Gasteiger partial charge in [-0.1, -0.05) is 6.07 Å². The fourth-order valence-electron chi connectivity index (χ4n) is 1.73. The van der Waals surface area contributed by atoms with E-state index in [0.717, 1.165) is 10.2 Å². The maximum atomic E-state index is 13.5. The van der Waals surface area contributed by atoms with Gasteiger partial charge in [-0.15, -0.1) is 0 Å². The third-order valence-corrected chi connectivity index (χ3v) is 3.22. The topological polar surface area (TPSA) is 42.4 Å². The zero-order chi connectivity index (χ0) is 13.8. The Bertz CT molecular complexity index is 560. The molecule has 1 N–H and O–H groups in total. The van der Waals surface area contributed by atoms with Gasteiger partial charge in [0.25, 0.3) is 0 Å². The molecule has 0 aliphatic rings. The first-order chi connectivity index (χ1) is 9.10. The second-order valence-corrected chi connectivity index (χ2v) is 5.00. The lowest BCUT2D eigenvalue weighted by atomic mass is 10.0. The largest absolute Gasteiger partial charge is 0.494 e. The number of aromatic nitrogens is 1. The normalized spacial score (nSPS) is 12.2. The highest BCUT2D eigenvalue weighted by atomic mass is 79.9. The van der Waals surface area contributed by atoms with Gasteiger partial charge >= 0.3 is 0 Å². The number of aliphatic hydroxyl groups is 1. The molecule has 5 heteroatoms. The van der Waals surface area contributed by atoms with Gasteiger partial charge in [-0.2, -0.15) is 0 Å². The number of nitrogens with zero attached hydrogens (tertiary/aromatic N) is 1. The fourth-order valence-corrected chi connectivity index (χ4v) is 1.97. The average molecular weight is 326 g/mol. The molecule has 0 aliphatic heterocycles. The van der Waals surface area contributed by atoms with Crippen LogP contribution in [0.2, 0.25) is 0 Å². The summed E-state index contributed by atoms with van der Waals surface area (Å²) in [5.41, 5.74) is 1.25. The molecule has 0 aliphatic carbocycles. The lowest BCUT2D eigenvalue weighted by Crippen LogP contribution is -2.04. The van der Waals surface area contributed by atoms with Gasteiger partial charge in [0, 0.05) is 22.8 Å². The van der Waals surface area contributed by atoms with Crippen molar-refractivity contribution in [2.75, 3.05) is 7.11 Å². The van der Waals surface area contributed by atoms with E-state index in [4.69, 9.17) is 4.74 Å². The minimum Gasteiger partial charge on any atom is -0.494 e. The van der Waals surface area contributed by atoms with Gasteiger partial charge in [0.05, 0.1) is 13.2 Å². The summed E-state index contributed by atoms with van der Waals surface area (Å²) in [4.78, 5) is 4.17. The van der Waals surface area contributed by atoms with Crippen LogP contribution in [0.3, 0.4) is 0 Å². The molecule has 0 saturated heterocycles. The quantitative estimate of drug-likeness (QED) is 0.938. The second kappa shape index (κ2) is 6.12. The van der Waals surface area contributed by atoms with Gasteiger partial charge < -0.3 is 9.84 Å². The lowest BCUT2D eigenvalue weighted by Gasteiger charge is -2.12. The number of hydrogen-bond acceptors (Lipinski definition) is 3. The van der Waals surface area contributed by atoms with Crippen LogP contribution in [0.15, 0.2) is 41.0 Å². The summed E-state index contributed by atoms with van der Waals surface area (Å²) in [6.07, 6.45) is 1.20. The van der Waals surface area contributed by atoms with E-state index >= 15 is 0 Å². The van der Waals surface area contributed by atoms with Crippen molar-refractivity contribution >= 4 is 15.9 Å². The Labute approximate surface area is 119 Å². The van der Waals surface area contributed by atoms with Crippen molar-refractivity contribution in [3.63, 3.8) is 0 Å². The molecule has 19 heavy (non-hydrogen) atoms. The average Bonchev–Trinajstić information content (AvgIpc) is 2.41. The minimum atomic E-state index is -0.797. The van der Waals surface area contributed by atoms with Crippen LogP contribution in [-0.2, 0) is 6.42 Å². The number of pyridine rings is 1. The molecule has 100 valence electrons. The van der Waals surface area contributed by atoms with Crippen molar-refractivity contribution in [2.24, 2.45) is 0 Å². The molecule has 1 aromatic carbocycles. The van der Waals surface area contributed by atoms with Crippen molar-refractivity contribution in [1.29, 1.82) is 0 Å². The molecule has 0 radical (unpaired) electrons. The molecule has 1 heterocycles. The van der Waals surface area contributed by atoms with Crippen LogP contribution in [0, 0.1) is 5.82 Å². The SMILES string of the molecule is COc1ccc(C(O)Cc2ccc(Br)cn2)cc1F. The molecule has 1 aromatic heterocycles. The monoisotopic (exact) mass is 325 g/mol. The number of rotatable bonds is 4. The molecule has 2 rings (SSSR count). The molecule has 1 atom stereocenters. The number of ether oxygens (including phenoxy) is 1. The standard InChI is InChI=1S/C14H13BrFNO2/c1-19-14-5-2-9(6-12(14)16)13(18)7-11-4-3-10(15)8-17-11/h2-6,8,13,18H,7H2,1H3. The Morgan fingerprint density at radius 1 is 1.37 bits per heavy atom.